The highest BCUT2D eigenvalue weighted by Gasteiger charge is 2.24. The molecule has 2 aromatic carbocycles. The maximum Gasteiger partial charge on any atom is 0.237 e. The summed E-state index contributed by atoms with van der Waals surface area (Å²) >= 11 is 0. The first-order valence-electron chi connectivity index (χ1n) is 10.4. The van der Waals surface area contributed by atoms with E-state index in [1.54, 1.807) is 24.3 Å². The molecule has 0 spiro atoms. The Bertz CT molecular complexity index is 1170. The lowest BCUT2D eigenvalue weighted by Gasteiger charge is -2.21. The maximum absolute atomic E-state index is 13.0. The van der Waals surface area contributed by atoms with Gasteiger partial charge in [0.2, 0.25) is 15.9 Å². The topological polar surface area (TPSA) is 79.6 Å². The van der Waals surface area contributed by atoms with Crippen LogP contribution in [0.15, 0.2) is 76.8 Å². The summed E-state index contributed by atoms with van der Waals surface area (Å²) in [6, 6.07) is 18.2. The Labute approximate surface area is 189 Å². The number of sulfonamides is 1. The quantitative estimate of drug-likeness (QED) is 0.516. The number of benzene rings is 2. The normalized spacial score (nSPS) is 12.9. The van der Waals surface area contributed by atoms with Gasteiger partial charge in [0, 0.05) is 5.41 Å². The molecule has 168 valence electrons. The van der Waals surface area contributed by atoms with Gasteiger partial charge >= 0.3 is 0 Å². The minimum absolute atomic E-state index is 0.0418. The van der Waals surface area contributed by atoms with E-state index < -0.39 is 10.0 Å². The standard InChI is InChI=1S/C25H28N2O4S/c1-19-11-12-23(16-20(19)2)21(3)26-25(28)18-27(17-24-10-7-14-31-24)32(29,30)15-13-22-8-5-4-6-9-22/h4-16,21H,17-18H2,1-3H3,(H,26,28)/b15-13+. The van der Waals surface area contributed by atoms with Gasteiger partial charge in [-0.15, -0.1) is 0 Å². The van der Waals surface area contributed by atoms with Gasteiger partial charge in [-0.05, 0) is 61.2 Å². The first kappa shape index (κ1) is 23.5. The summed E-state index contributed by atoms with van der Waals surface area (Å²) in [5.74, 6) is 0.0654. The summed E-state index contributed by atoms with van der Waals surface area (Å²) in [5.41, 5.74) is 4.03. The third kappa shape index (κ3) is 6.42. The number of furan rings is 1. The molecule has 1 unspecified atom stereocenters. The van der Waals surface area contributed by atoms with Crippen molar-refractivity contribution in [2.45, 2.75) is 33.4 Å². The monoisotopic (exact) mass is 452 g/mol. The van der Waals surface area contributed by atoms with E-state index in [1.165, 1.54) is 17.9 Å². The highest BCUT2D eigenvalue weighted by atomic mass is 32.2. The summed E-state index contributed by atoms with van der Waals surface area (Å²) < 4.78 is 32.5. The predicted molar refractivity (Wildman–Crippen MR) is 126 cm³/mol. The first-order valence-corrected chi connectivity index (χ1v) is 11.9. The summed E-state index contributed by atoms with van der Waals surface area (Å²) in [6.45, 7) is 5.56. The highest BCUT2D eigenvalue weighted by Crippen LogP contribution is 2.18. The highest BCUT2D eigenvalue weighted by molar-refractivity contribution is 7.92. The fourth-order valence-electron chi connectivity index (χ4n) is 3.19. The number of nitrogens with one attached hydrogen (secondary N) is 1. The lowest BCUT2D eigenvalue weighted by molar-refractivity contribution is -0.122. The van der Waals surface area contributed by atoms with Crippen molar-refractivity contribution in [1.29, 1.82) is 0 Å². The lowest BCUT2D eigenvalue weighted by atomic mass is 10.0. The van der Waals surface area contributed by atoms with Gasteiger partial charge in [-0.1, -0.05) is 48.5 Å². The summed E-state index contributed by atoms with van der Waals surface area (Å²) in [4.78, 5) is 12.8. The van der Waals surface area contributed by atoms with Crippen molar-refractivity contribution < 1.29 is 17.6 Å². The fraction of sp³-hybridized carbons (Fsp3) is 0.240. The second kappa shape index (κ2) is 10.4. The molecule has 0 bridgehead atoms. The van der Waals surface area contributed by atoms with Crippen LogP contribution in [0.1, 0.15) is 41.0 Å². The van der Waals surface area contributed by atoms with Gasteiger partial charge in [0.05, 0.1) is 25.4 Å². The van der Waals surface area contributed by atoms with E-state index in [1.807, 2.05) is 57.2 Å². The van der Waals surface area contributed by atoms with E-state index in [2.05, 4.69) is 5.32 Å². The van der Waals surface area contributed by atoms with Crippen LogP contribution in [-0.4, -0.2) is 25.2 Å². The van der Waals surface area contributed by atoms with Crippen molar-refractivity contribution in [3.63, 3.8) is 0 Å². The van der Waals surface area contributed by atoms with Crippen molar-refractivity contribution in [2.75, 3.05) is 6.54 Å². The summed E-state index contributed by atoms with van der Waals surface area (Å²) in [5, 5.41) is 4.02. The van der Waals surface area contributed by atoms with E-state index in [4.69, 9.17) is 4.42 Å². The lowest BCUT2D eigenvalue weighted by Crippen LogP contribution is -2.40. The Balaban J connectivity index is 1.75. The Morgan fingerprint density at radius 3 is 2.47 bits per heavy atom. The third-order valence-electron chi connectivity index (χ3n) is 5.23. The van der Waals surface area contributed by atoms with Crippen LogP contribution in [0.3, 0.4) is 0 Å². The number of aryl methyl sites for hydroxylation is 2. The van der Waals surface area contributed by atoms with Crippen LogP contribution in [0.25, 0.3) is 6.08 Å². The molecule has 0 aliphatic carbocycles. The molecular weight excluding hydrogens is 424 g/mol. The van der Waals surface area contributed by atoms with Gasteiger partial charge < -0.3 is 9.73 Å². The van der Waals surface area contributed by atoms with Crippen LogP contribution in [0, 0.1) is 13.8 Å². The van der Waals surface area contributed by atoms with Gasteiger partial charge in [0.15, 0.2) is 0 Å². The molecule has 3 rings (SSSR count). The zero-order valence-electron chi connectivity index (χ0n) is 18.5. The Morgan fingerprint density at radius 2 is 1.81 bits per heavy atom. The largest absolute Gasteiger partial charge is 0.468 e. The van der Waals surface area contributed by atoms with Crippen LogP contribution in [-0.2, 0) is 21.4 Å². The molecule has 32 heavy (non-hydrogen) atoms. The molecule has 1 N–H and O–H groups in total. The Morgan fingerprint density at radius 1 is 1.06 bits per heavy atom. The van der Waals surface area contributed by atoms with Crippen LogP contribution >= 0.6 is 0 Å². The number of rotatable bonds is 9. The van der Waals surface area contributed by atoms with Crippen molar-refractivity contribution in [2.24, 2.45) is 0 Å². The van der Waals surface area contributed by atoms with Gasteiger partial charge in [-0.25, -0.2) is 8.42 Å². The van der Waals surface area contributed by atoms with Crippen LogP contribution < -0.4 is 5.32 Å². The van der Waals surface area contributed by atoms with Gasteiger partial charge in [-0.3, -0.25) is 4.79 Å². The molecule has 1 heterocycles. The molecule has 0 aliphatic rings. The molecule has 3 aromatic rings. The SMILES string of the molecule is Cc1ccc(C(C)NC(=O)CN(Cc2ccco2)S(=O)(=O)/C=C/c2ccccc2)cc1C. The maximum atomic E-state index is 13.0. The number of hydrogen-bond donors (Lipinski definition) is 1. The number of carbonyl (C=O) groups is 1. The van der Waals surface area contributed by atoms with Crippen LogP contribution in [0.5, 0.6) is 0 Å². The third-order valence-corrected chi connectivity index (χ3v) is 6.69. The van der Waals surface area contributed by atoms with E-state index in [9.17, 15) is 13.2 Å². The number of hydrogen-bond acceptors (Lipinski definition) is 4. The Kier molecular flexibility index (Phi) is 7.66. The fourth-order valence-corrected chi connectivity index (χ4v) is 4.30. The van der Waals surface area contributed by atoms with Crippen LogP contribution in [0.4, 0.5) is 0 Å². The number of nitrogens with zero attached hydrogens (tertiary/aromatic N) is 1. The zero-order chi connectivity index (χ0) is 23.1. The van der Waals surface area contributed by atoms with Crippen molar-refractivity contribution >= 4 is 22.0 Å². The van der Waals surface area contributed by atoms with Crippen LogP contribution in [0.2, 0.25) is 0 Å². The molecule has 0 saturated heterocycles. The average Bonchev–Trinajstić information content (AvgIpc) is 3.28. The Hall–Kier alpha value is -3.16. The van der Waals surface area contributed by atoms with Gasteiger partial charge in [-0.2, -0.15) is 4.31 Å². The molecule has 1 aromatic heterocycles. The van der Waals surface area contributed by atoms with E-state index in [-0.39, 0.29) is 25.0 Å². The first-order chi connectivity index (χ1) is 15.2. The molecule has 7 heteroatoms. The molecule has 0 saturated carbocycles. The van der Waals surface area contributed by atoms with E-state index in [0.717, 1.165) is 26.4 Å². The minimum atomic E-state index is -3.87. The van der Waals surface area contributed by atoms with E-state index >= 15 is 0 Å². The smallest absolute Gasteiger partial charge is 0.237 e. The zero-order valence-corrected chi connectivity index (χ0v) is 19.3. The molecule has 0 radical (unpaired) electrons. The van der Waals surface area contributed by atoms with E-state index in [0.29, 0.717) is 5.76 Å². The second-order valence-electron chi connectivity index (χ2n) is 7.74. The molecule has 0 aliphatic heterocycles. The summed E-state index contributed by atoms with van der Waals surface area (Å²) in [6.07, 6.45) is 2.99. The molecule has 1 atom stereocenters. The molecule has 0 fully saturated rings. The summed E-state index contributed by atoms with van der Waals surface area (Å²) in [7, 11) is -3.87. The number of amides is 1. The van der Waals surface area contributed by atoms with Crippen molar-refractivity contribution in [1.82, 2.24) is 9.62 Å². The molecular formula is C25H28N2O4S. The van der Waals surface area contributed by atoms with Crippen molar-refractivity contribution in [3.8, 4) is 0 Å². The minimum Gasteiger partial charge on any atom is -0.468 e. The molecule has 1 amide bonds. The van der Waals surface area contributed by atoms with Gasteiger partial charge in [0.1, 0.15) is 5.76 Å². The van der Waals surface area contributed by atoms with Gasteiger partial charge in [0.25, 0.3) is 0 Å². The molecule has 6 nitrogen and oxygen atoms in total. The second-order valence-corrected chi connectivity index (χ2v) is 9.56. The number of carbonyl (C=O) groups excluding carboxylic acids is 1. The van der Waals surface area contributed by atoms with Crippen molar-refractivity contribution in [3.05, 3.63) is 100 Å². The average molecular weight is 453 g/mol. The predicted octanol–water partition coefficient (Wildman–Crippen LogP) is 4.58.